The van der Waals surface area contributed by atoms with Gasteiger partial charge in [0.15, 0.2) is 0 Å². The van der Waals surface area contributed by atoms with Crippen LogP contribution in [0.4, 0.5) is 4.79 Å². The molecule has 122 valence electrons. The summed E-state index contributed by atoms with van der Waals surface area (Å²) in [4.78, 5) is 18.1. The highest BCUT2D eigenvalue weighted by Gasteiger charge is 2.27. The van der Waals surface area contributed by atoms with Crippen LogP contribution in [0.25, 0.3) is 0 Å². The molecule has 2 heterocycles. The van der Waals surface area contributed by atoms with Crippen molar-refractivity contribution in [2.75, 3.05) is 6.54 Å². The van der Waals surface area contributed by atoms with Crippen LogP contribution in [0.2, 0.25) is 0 Å². The molecule has 2 amide bonds. The molecule has 0 bridgehead atoms. The van der Waals surface area contributed by atoms with E-state index in [-0.39, 0.29) is 4.90 Å². The molecular formula is C15H18N4O3S. The standard InChI is InChI=1S/C15H18N4O3S/c1-11-3-5-12(6-4-11)23(21,22)17-15(20)19-8-7-13-14(9-19)18(2)10-16-13/h3-6,10H,7-9H2,1-2H3,(H,17,20). The normalized spacial score (nSPS) is 14.4. The lowest BCUT2D eigenvalue weighted by Crippen LogP contribution is -2.45. The number of benzene rings is 1. The van der Waals surface area contributed by atoms with Crippen molar-refractivity contribution in [3.63, 3.8) is 0 Å². The van der Waals surface area contributed by atoms with E-state index < -0.39 is 16.1 Å². The van der Waals surface area contributed by atoms with Crippen LogP contribution in [0.3, 0.4) is 0 Å². The van der Waals surface area contributed by atoms with Crippen molar-refractivity contribution in [3.05, 3.63) is 47.5 Å². The molecule has 0 saturated carbocycles. The number of hydrogen-bond donors (Lipinski definition) is 1. The van der Waals surface area contributed by atoms with Gasteiger partial charge in [-0.05, 0) is 19.1 Å². The van der Waals surface area contributed by atoms with E-state index in [1.165, 1.54) is 17.0 Å². The molecule has 1 aliphatic rings. The second-order valence-corrected chi connectivity index (χ2v) is 7.33. The zero-order valence-electron chi connectivity index (χ0n) is 13.0. The zero-order chi connectivity index (χ0) is 16.6. The molecule has 1 aliphatic heterocycles. The van der Waals surface area contributed by atoms with Gasteiger partial charge in [-0.3, -0.25) is 0 Å². The summed E-state index contributed by atoms with van der Waals surface area (Å²) < 4.78 is 28.5. The molecule has 8 heteroatoms. The van der Waals surface area contributed by atoms with Crippen molar-refractivity contribution >= 4 is 16.1 Å². The maximum atomic E-state index is 12.3. The van der Waals surface area contributed by atoms with Gasteiger partial charge >= 0.3 is 6.03 Å². The van der Waals surface area contributed by atoms with E-state index in [1.807, 2.05) is 18.5 Å². The summed E-state index contributed by atoms with van der Waals surface area (Å²) in [6, 6.07) is 5.75. The number of aromatic nitrogens is 2. The first-order chi connectivity index (χ1) is 10.9. The van der Waals surface area contributed by atoms with Crippen molar-refractivity contribution in [1.82, 2.24) is 19.2 Å². The van der Waals surface area contributed by atoms with Crippen LogP contribution in [-0.2, 0) is 30.0 Å². The minimum atomic E-state index is -3.86. The molecule has 0 atom stereocenters. The molecule has 1 aromatic carbocycles. The fourth-order valence-corrected chi connectivity index (χ4v) is 3.52. The van der Waals surface area contributed by atoms with Crippen molar-refractivity contribution in [3.8, 4) is 0 Å². The Labute approximate surface area is 135 Å². The number of nitrogens with one attached hydrogen (secondary N) is 1. The lowest BCUT2D eigenvalue weighted by Gasteiger charge is -2.27. The molecule has 0 fully saturated rings. The summed E-state index contributed by atoms with van der Waals surface area (Å²) in [5, 5.41) is 0. The number of hydrogen-bond acceptors (Lipinski definition) is 4. The highest BCUT2D eigenvalue weighted by Crippen LogP contribution is 2.17. The predicted octanol–water partition coefficient (Wildman–Crippen LogP) is 1.19. The molecular weight excluding hydrogens is 316 g/mol. The molecule has 0 aliphatic carbocycles. The largest absolute Gasteiger partial charge is 0.336 e. The minimum absolute atomic E-state index is 0.0784. The van der Waals surface area contributed by atoms with Crippen LogP contribution in [0.5, 0.6) is 0 Å². The molecule has 1 aromatic heterocycles. The number of nitrogens with zero attached hydrogens (tertiary/aromatic N) is 3. The Morgan fingerprint density at radius 1 is 1.26 bits per heavy atom. The number of sulfonamides is 1. The third-order valence-electron chi connectivity index (χ3n) is 3.94. The summed E-state index contributed by atoms with van der Waals surface area (Å²) in [7, 11) is -2.01. The minimum Gasteiger partial charge on any atom is -0.336 e. The third kappa shape index (κ3) is 3.07. The fourth-order valence-electron chi connectivity index (χ4n) is 2.55. The molecule has 3 rings (SSSR count). The summed E-state index contributed by atoms with van der Waals surface area (Å²) in [5.74, 6) is 0. The lowest BCUT2D eigenvalue weighted by molar-refractivity contribution is 0.196. The molecule has 0 spiro atoms. The molecule has 2 aromatic rings. The van der Waals surface area contributed by atoms with E-state index in [4.69, 9.17) is 0 Å². The van der Waals surface area contributed by atoms with Gasteiger partial charge in [0.25, 0.3) is 10.0 Å². The predicted molar refractivity (Wildman–Crippen MR) is 84.2 cm³/mol. The Hall–Kier alpha value is -2.35. The van der Waals surface area contributed by atoms with Gasteiger partial charge in [-0.15, -0.1) is 0 Å². The summed E-state index contributed by atoms with van der Waals surface area (Å²) in [5.41, 5.74) is 2.84. The van der Waals surface area contributed by atoms with Gasteiger partial charge in [0.05, 0.1) is 29.2 Å². The average molecular weight is 334 g/mol. The molecule has 1 N–H and O–H groups in total. The van der Waals surface area contributed by atoms with Crippen molar-refractivity contribution in [2.45, 2.75) is 24.8 Å². The van der Waals surface area contributed by atoms with Crippen LogP contribution in [-0.4, -0.2) is 35.4 Å². The number of fused-ring (bicyclic) bond motifs is 1. The zero-order valence-corrected chi connectivity index (χ0v) is 13.8. The topological polar surface area (TPSA) is 84.3 Å². The summed E-state index contributed by atoms with van der Waals surface area (Å²) in [6.07, 6.45) is 2.32. The maximum absolute atomic E-state index is 12.3. The Kier molecular flexibility index (Phi) is 3.85. The fraction of sp³-hybridized carbons (Fsp3) is 0.333. The Bertz CT molecular complexity index is 840. The van der Waals surface area contributed by atoms with Gasteiger partial charge in [-0.25, -0.2) is 22.9 Å². The van der Waals surface area contributed by atoms with Crippen LogP contribution in [0, 0.1) is 6.92 Å². The van der Waals surface area contributed by atoms with E-state index in [2.05, 4.69) is 9.71 Å². The smallest absolute Gasteiger partial charge is 0.331 e. The van der Waals surface area contributed by atoms with Gasteiger partial charge in [0.1, 0.15) is 0 Å². The number of urea groups is 1. The molecule has 0 unspecified atom stereocenters. The Morgan fingerprint density at radius 2 is 1.96 bits per heavy atom. The first-order valence-corrected chi connectivity index (χ1v) is 8.72. The van der Waals surface area contributed by atoms with Crippen molar-refractivity contribution < 1.29 is 13.2 Å². The summed E-state index contributed by atoms with van der Waals surface area (Å²) in [6.45, 7) is 2.66. The van der Waals surface area contributed by atoms with Crippen molar-refractivity contribution in [1.29, 1.82) is 0 Å². The van der Waals surface area contributed by atoms with E-state index in [1.54, 1.807) is 18.5 Å². The second kappa shape index (κ2) is 5.69. The number of imidazole rings is 1. The van der Waals surface area contributed by atoms with E-state index in [0.717, 1.165) is 17.0 Å². The van der Waals surface area contributed by atoms with Gasteiger partial charge in [-0.1, -0.05) is 17.7 Å². The maximum Gasteiger partial charge on any atom is 0.331 e. The number of amides is 2. The first kappa shape index (κ1) is 15.5. The monoisotopic (exact) mass is 334 g/mol. The Balaban J connectivity index is 1.74. The van der Waals surface area contributed by atoms with Crippen molar-refractivity contribution in [2.24, 2.45) is 7.05 Å². The van der Waals surface area contributed by atoms with Crippen LogP contribution in [0.15, 0.2) is 35.5 Å². The second-order valence-electron chi connectivity index (χ2n) is 5.64. The molecule has 0 radical (unpaired) electrons. The average Bonchev–Trinajstić information content (AvgIpc) is 2.88. The SMILES string of the molecule is Cc1ccc(S(=O)(=O)NC(=O)N2CCc3ncn(C)c3C2)cc1. The highest BCUT2D eigenvalue weighted by molar-refractivity contribution is 7.90. The number of carbonyl (C=O) groups excluding carboxylic acids is 1. The van der Waals surface area contributed by atoms with Crippen LogP contribution >= 0.6 is 0 Å². The van der Waals surface area contributed by atoms with E-state index >= 15 is 0 Å². The molecule has 0 saturated heterocycles. The van der Waals surface area contributed by atoms with Gasteiger partial charge in [0, 0.05) is 20.0 Å². The highest BCUT2D eigenvalue weighted by atomic mass is 32.2. The van der Waals surface area contributed by atoms with Crippen LogP contribution < -0.4 is 4.72 Å². The van der Waals surface area contributed by atoms with Gasteiger partial charge < -0.3 is 9.47 Å². The number of rotatable bonds is 2. The van der Waals surface area contributed by atoms with Gasteiger partial charge in [-0.2, -0.15) is 0 Å². The quantitative estimate of drug-likeness (QED) is 0.894. The lowest BCUT2D eigenvalue weighted by atomic mass is 10.1. The third-order valence-corrected chi connectivity index (χ3v) is 5.28. The summed E-state index contributed by atoms with van der Waals surface area (Å²) >= 11 is 0. The van der Waals surface area contributed by atoms with E-state index in [9.17, 15) is 13.2 Å². The first-order valence-electron chi connectivity index (χ1n) is 7.24. The van der Waals surface area contributed by atoms with Crippen LogP contribution in [0.1, 0.15) is 17.0 Å². The Morgan fingerprint density at radius 3 is 2.65 bits per heavy atom. The number of aryl methyl sites for hydroxylation is 2. The van der Waals surface area contributed by atoms with Gasteiger partial charge in [0.2, 0.25) is 0 Å². The molecule has 23 heavy (non-hydrogen) atoms. The van der Waals surface area contributed by atoms with E-state index in [0.29, 0.717) is 19.5 Å². The number of carbonyl (C=O) groups is 1. The molecule has 7 nitrogen and oxygen atoms in total.